The monoisotopic (exact) mass is 209 g/mol. The maximum absolute atomic E-state index is 11.3. The van der Waals surface area contributed by atoms with Crippen molar-refractivity contribution in [1.29, 1.82) is 0 Å². The predicted molar refractivity (Wildman–Crippen MR) is 61.5 cm³/mol. The van der Waals surface area contributed by atoms with E-state index in [0.717, 1.165) is 18.8 Å². The Hall–Kier alpha value is -0.530. The molecule has 2 nitrogen and oxygen atoms in total. The van der Waals surface area contributed by atoms with Crippen molar-refractivity contribution in [2.75, 3.05) is 0 Å². The largest absolute Gasteiger partial charge is 0.351 e. The molecule has 1 amide bonds. The van der Waals surface area contributed by atoms with E-state index >= 15 is 0 Å². The van der Waals surface area contributed by atoms with Crippen LogP contribution in [-0.2, 0) is 4.79 Å². The summed E-state index contributed by atoms with van der Waals surface area (Å²) in [5.41, 5.74) is 0.628. The van der Waals surface area contributed by atoms with Crippen LogP contribution in [-0.4, -0.2) is 11.4 Å². The van der Waals surface area contributed by atoms with Gasteiger partial charge in [0, 0.05) is 12.0 Å². The maximum atomic E-state index is 11.3. The van der Waals surface area contributed by atoms with Gasteiger partial charge in [0.2, 0.25) is 5.91 Å². The molecule has 1 spiro atoms. The van der Waals surface area contributed by atoms with Crippen LogP contribution in [0.25, 0.3) is 0 Å². The van der Waals surface area contributed by atoms with Crippen LogP contribution in [0.2, 0.25) is 0 Å². The van der Waals surface area contributed by atoms with Gasteiger partial charge in [0.1, 0.15) is 0 Å². The van der Waals surface area contributed by atoms with Crippen LogP contribution in [0.3, 0.4) is 0 Å². The summed E-state index contributed by atoms with van der Waals surface area (Å²) in [5.74, 6) is 1.10. The third-order valence-corrected chi connectivity index (χ3v) is 4.40. The molecule has 2 rings (SSSR count). The molecular formula is C13H23NO. The third-order valence-electron chi connectivity index (χ3n) is 4.40. The van der Waals surface area contributed by atoms with Crippen LogP contribution in [0.4, 0.5) is 0 Å². The molecule has 1 aliphatic carbocycles. The Morgan fingerprint density at radius 3 is 2.20 bits per heavy atom. The summed E-state index contributed by atoms with van der Waals surface area (Å²) >= 11 is 0. The predicted octanol–water partition coefficient (Wildman–Crippen LogP) is 2.87. The number of rotatable bonds is 0. The van der Waals surface area contributed by atoms with Gasteiger partial charge in [0.15, 0.2) is 0 Å². The number of nitrogens with one attached hydrogen (secondary N) is 1. The SMILES string of the molecule is CC(C)(C)C1CCC2(CCC(=O)N2)CC1. The highest BCUT2D eigenvalue weighted by atomic mass is 16.2. The second kappa shape index (κ2) is 3.50. The van der Waals surface area contributed by atoms with Crippen molar-refractivity contribution in [2.24, 2.45) is 11.3 Å². The Morgan fingerprint density at radius 2 is 1.80 bits per heavy atom. The van der Waals surface area contributed by atoms with Crippen molar-refractivity contribution in [3.8, 4) is 0 Å². The smallest absolute Gasteiger partial charge is 0.220 e. The minimum Gasteiger partial charge on any atom is -0.351 e. The van der Waals surface area contributed by atoms with E-state index < -0.39 is 0 Å². The molecule has 0 atom stereocenters. The van der Waals surface area contributed by atoms with Crippen molar-refractivity contribution in [1.82, 2.24) is 5.32 Å². The van der Waals surface area contributed by atoms with E-state index in [0.29, 0.717) is 5.41 Å². The van der Waals surface area contributed by atoms with E-state index in [-0.39, 0.29) is 11.4 Å². The van der Waals surface area contributed by atoms with Crippen molar-refractivity contribution in [3.63, 3.8) is 0 Å². The van der Waals surface area contributed by atoms with Gasteiger partial charge >= 0.3 is 0 Å². The number of amides is 1. The molecule has 0 bridgehead atoms. The fourth-order valence-corrected chi connectivity index (χ4v) is 3.18. The average molecular weight is 209 g/mol. The molecule has 2 heteroatoms. The van der Waals surface area contributed by atoms with Gasteiger partial charge in [-0.25, -0.2) is 0 Å². The van der Waals surface area contributed by atoms with Gasteiger partial charge in [-0.3, -0.25) is 4.79 Å². The van der Waals surface area contributed by atoms with Gasteiger partial charge in [-0.1, -0.05) is 20.8 Å². The summed E-state index contributed by atoms with van der Waals surface area (Å²) < 4.78 is 0. The van der Waals surface area contributed by atoms with Gasteiger partial charge in [0.05, 0.1) is 0 Å². The van der Waals surface area contributed by atoms with Gasteiger partial charge < -0.3 is 5.32 Å². The fraction of sp³-hybridized carbons (Fsp3) is 0.923. The Bertz CT molecular complexity index is 256. The molecule has 0 aromatic heterocycles. The van der Waals surface area contributed by atoms with Crippen LogP contribution in [0.1, 0.15) is 59.3 Å². The van der Waals surface area contributed by atoms with E-state index in [2.05, 4.69) is 26.1 Å². The summed E-state index contributed by atoms with van der Waals surface area (Å²) in [4.78, 5) is 11.3. The molecule has 0 aromatic carbocycles. The highest BCUT2D eigenvalue weighted by Gasteiger charge is 2.42. The molecule has 1 aliphatic heterocycles. The molecule has 15 heavy (non-hydrogen) atoms. The average Bonchev–Trinajstić information content (AvgIpc) is 2.47. The first-order valence-corrected chi connectivity index (χ1v) is 6.22. The van der Waals surface area contributed by atoms with Gasteiger partial charge in [-0.2, -0.15) is 0 Å². The number of hydrogen-bond donors (Lipinski definition) is 1. The lowest BCUT2D eigenvalue weighted by Gasteiger charge is -2.42. The Kier molecular flexibility index (Phi) is 2.56. The first-order valence-electron chi connectivity index (χ1n) is 6.22. The van der Waals surface area contributed by atoms with Crippen LogP contribution in [0.5, 0.6) is 0 Å². The normalized spacial score (nSPS) is 37.0. The molecule has 1 N–H and O–H groups in total. The minimum atomic E-state index is 0.193. The van der Waals surface area contributed by atoms with E-state index in [1.165, 1.54) is 25.7 Å². The molecule has 86 valence electrons. The fourth-order valence-electron chi connectivity index (χ4n) is 3.18. The first kappa shape index (κ1) is 11.0. The molecule has 2 aliphatic rings. The van der Waals surface area contributed by atoms with Crippen LogP contribution >= 0.6 is 0 Å². The van der Waals surface area contributed by atoms with Crippen molar-refractivity contribution in [2.45, 2.75) is 64.8 Å². The van der Waals surface area contributed by atoms with E-state index in [1.54, 1.807) is 0 Å². The zero-order chi connectivity index (χ0) is 11.1. The van der Waals surface area contributed by atoms with E-state index in [1.807, 2.05) is 0 Å². The summed E-state index contributed by atoms with van der Waals surface area (Å²) in [7, 11) is 0. The molecular weight excluding hydrogens is 186 g/mol. The van der Waals surface area contributed by atoms with Crippen molar-refractivity contribution < 1.29 is 4.79 Å². The Labute approximate surface area is 92.8 Å². The molecule has 1 saturated heterocycles. The molecule has 0 unspecified atom stereocenters. The molecule has 0 radical (unpaired) electrons. The lowest BCUT2D eigenvalue weighted by molar-refractivity contribution is -0.120. The van der Waals surface area contributed by atoms with E-state index in [4.69, 9.17) is 0 Å². The first-order chi connectivity index (χ1) is 6.91. The maximum Gasteiger partial charge on any atom is 0.220 e. The van der Waals surface area contributed by atoms with Crippen LogP contribution in [0, 0.1) is 11.3 Å². The molecule has 2 fully saturated rings. The second-order valence-electron chi connectivity index (χ2n) is 6.47. The van der Waals surface area contributed by atoms with Gasteiger partial charge in [-0.05, 0) is 43.4 Å². The Morgan fingerprint density at radius 1 is 1.20 bits per heavy atom. The highest BCUT2D eigenvalue weighted by molar-refractivity contribution is 5.79. The van der Waals surface area contributed by atoms with Crippen molar-refractivity contribution in [3.05, 3.63) is 0 Å². The number of hydrogen-bond acceptors (Lipinski definition) is 1. The summed E-state index contributed by atoms with van der Waals surface area (Å²) in [6.07, 6.45) is 6.78. The topological polar surface area (TPSA) is 29.1 Å². The number of carbonyl (C=O) groups is 1. The van der Waals surface area contributed by atoms with Gasteiger partial charge in [0.25, 0.3) is 0 Å². The third kappa shape index (κ3) is 2.19. The zero-order valence-corrected chi connectivity index (χ0v) is 10.2. The second-order valence-corrected chi connectivity index (χ2v) is 6.47. The molecule has 1 saturated carbocycles. The standard InChI is InChI=1S/C13H23NO/c1-12(2,3)10-4-7-13(8-5-10)9-6-11(15)14-13/h10H,4-9H2,1-3H3,(H,14,15). The molecule has 1 heterocycles. The number of carbonyl (C=O) groups excluding carboxylic acids is 1. The summed E-state index contributed by atoms with van der Waals surface area (Å²) in [6, 6.07) is 0. The lowest BCUT2D eigenvalue weighted by Crippen LogP contribution is -2.45. The van der Waals surface area contributed by atoms with Crippen LogP contribution in [0.15, 0.2) is 0 Å². The van der Waals surface area contributed by atoms with Crippen LogP contribution < -0.4 is 5.32 Å². The lowest BCUT2D eigenvalue weighted by atomic mass is 9.67. The molecule has 0 aromatic rings. The summed E-state index contributed by atoms with van der Waals surface area (Å²) in [6.45, 7) is 7.01. The van der Waals surface area contributed by atoms with Gasteiger partial charge in [-0.15, -0.1) is 0 Å². The quantitative estimate of drug-likeness (QED) is 0.653. The van der Waals surface area contributed by atoms with Crippen molar-refractivity contribution >= 4 is 5.91 Å². The zero-order valence-electron chi connectivity index (χ0n) is 10.2. The summed E-state index contributed by atoms with van der Waals surface area (Å²) in [5, 5.41) is 3.20. The highest BCUT2D eigenvalue weighted by Crippen LogP contribution is 2.44. The minimum absolute atomic E-state index is 0.193. The Balaban J connectivity index is 1.95. The van der Waals surface area contributed by atoms with E-state index in [9.17, 15) is 4.79 Å².